The Morgan fingerprint density at radius 1 is 1.71 bits per heavy atom. The van der Waals surface area contributed by atoms with E-state index in [9.17, 15) is 0 Å². The first-order chi connectivity index (χ1) is 6.79. The summed E-state index contributed by atoms with van der Waals surface area (Å²) in [6.07, 6.45) is -0.0899. The van der Waals surface area contributed by atoms with Crippen LogP contribution in [0.2, 0.25) is 0 Å². The van der Waals surface area contributed by atoms with Crippen molar-refractivity contribution in [1.82, 2.24) is 9.36 Å². The predicted molar refractivity (Wildman–Crippen MR) is 53.7 cm³/mol. The average molecular weight is 215 g/mol. The van der Waals surface area contributed by atoms with Crippen molar-refractivity contribution in [3.05, 3.63) is 5.82 Å². The van der Waals surface area contributed by atoms with E-state index >= 15 is 0 Å². The van der Waals surface area contributed by atoms with Gasteiger partial charge in [-0.3, -0.25) is 0 Å². The third-order valence-electron chi connectivity index (χ3n) is 2.13. The molecule has 1 aromatic heterocycles. The van der Waals surface area contributed by atoms with Gasteiger partial charge in [-0.05, 0) is 6.92 Å². The quantitative estimate of drug-likeness (QED) is 0.755. The lowest BCUT2D eigenvalue weighted by Gasteiger charge is -2.31. The first kappa shape index (κ1) is 9.82. The fourth-order valence-electron chi connectivity index (χ4n) is 1.42. The predicted octanol–water partition coefficient (Wildman–Crippen LogP) is 0.0440. The van der Waals surface area contributed by atoms with Gasteiger partial charge < -0.3 is 14.7 Å². The molecule has 78 valence electrons. The normalized spacial score (nSPS) is 22.7. The summed E-state index contributed by atoms with van der Waals surface area (Å²) in [4.78, 5) is 6.41. The summed E-state index contributed by atoms with van der Waals surface area (Å²) in [5.41, 5.74) is 0. The number of aryl methyl sites for hydroxylation is 1. The van der Waals surface area contributed by atoms with Crippen LogP contribution < -0.4 is 4.90 Å². The molecule has 6 heteroatoms. The summed E-state index contributed by atoms with van der Waals surface area (Å²) in [7, 11) is 0. The standard InChI is InChI=1S/C8H13N3O2S/c1-6-9-8(14-10-6)11-2-3-13-7(4-11)5-12/h7,12H,2-5H2,1H3. The van der Waals surface area contributed by atoms with Gasteiger partial charge in [-0.2, -0.15) is 4.37 Å². The van der Waals surface area contributed by atoms with E-state index in [0.717, 1.165) is 17.5 Å². The summed E-state index contributed by atoms with van der Waals surface area (Å²) in [6.45, 7) is 4.11. The SMILES string of the molecule is Cc1nsc(N2CCOC(CO)C2)n1. The van der Waals surface area contributed by atoms with E-state index in [-0.39, 0.29) is 12.7 Å². The van der Waals surface area contributed by atoms with E-state index in [1.54, 1.807) is 0 Å². The zero-order valence-electron chi connectivity index (χ0n) is 8.01. The van der Waals surface area contributed by atoms with Gasteiger partial charge in [0.1, 0.15) is 5.82 Å². The highest BCUT2D eigenvalue weighted by Crippen LogP contribution is 2.19. The number of aliphatic hydroxyl groups is 1. The largest absolute Gasteiger partial charge is 0.394 e. The van der Waals surface area contributed by atoms with Crippen LogP contribution in [0, 0.1) is 6.92 Å². The van der Waals surface area contributed by atoms with Gasteiger partial charge in [-0.15, -0.1) is 0 Å². The molecule has 5 nitrogen and oxygen atoms in total. The van der Waals surface area contributed by atoms with Crippen LogP contribution in [0.3, 0.4) is 0 Å². The van der Waals surface area contributed by atoms with E-state index in [1.807, 2.05) is 6.92 Å². The van der Waals surface area contributed by atoms with Crippen LogP contribution in [0.25, 0.3) is 0 Å². The number of hydrogen-bond acceptors (Lipinski definition) is 6. The smallest absolute Gasteiger partial charge is 0.205 e. The molecule has 1 unspecified atom stereocenters. The molecule has 1 aliphatic heterocycles. The number of aliphatic hydroxyl groups excluding tert-OH is 1. The minimum Gasteiger partial charge on any atom is -0.394 e. The van der Waals surface area contributed by atoms with E-state index in [2.05, 4.69) is 14.3 Å². The molecule has 2 heterocycles. The van der Waals surface area contributed by atoms with Crippen LogP contribution in [0.1, 0.15) is 5.82 Å². The van der Waals surface area contributed by atoms with Gasteiger partial charge in [0.25, 0.3) is 0 Å². The first-order valence-electron chi connectivity index (χ1n) is 4.57. The Hall–Kier alpha value is -0.720. The molecule has 1 aromatic rings. The minimum atomic E-state index is -0.0899. The Morgan fingerprint density at radius 3 is 3.21 bits per heavy atom. The number of hydrogen-bond donors (Lipinski definition) is 1. The third kappa shape index (κ3) is 2.02. The molecule has 1 saturated heterocycles. The summed E-state index contributed by atoms with van der Waals surface area (Å²) in [5.74, 6) is 0.803. The molecule has 2 rings (SSSR count). The Morgan fingerprint density at radius 2 is 2.57 bits per heavy atom. The Balaban J connectivity index is 2.04. The van der Waals surface area contributed by atoms with Gasteiger partial charge in [0.2, 0.25) is 5.13 Å². The van der Waals surface area contributed by atoms with Crippen molar-refractivity contribution in [3.63, 3.8) is 0 Å². The van der Waals surface area contributed by atoms with E-state index in [0.29, 0.717) is 13.2 Å². The third-order valence-corrected chi connectivity index (χ3v) is 3.00. The van der Waals surface area contributed by atoms with Gasteiger partial charge in [0, 0.05) is 24.6 Å². The molecule has 0 spiro atoms. The second kappa shape index (κ2) is 4.20. The fraction of sp³-hybridized carbons (Fsp3) is 0.750. The number of nitrogens with zero attached hydrogens (tertiary/aromatic N) is 3. The van der Waals surface area contributed by atoms with Crippen molar-refractivity contribution in [3.8, 4) is 0 Å². The average Bonchev–Trinajstić information content (AvgIpc) is 2.65. The van der Waals surface area contributed by atoms with E-state index in [1.165, 1.54) is 11.5 Å². The second-order valence-corrected chi connectivity index (χ2v) is 3.98. The van der Waals surface area contributed by atoms with E-state index in [4.69, 9.17) is 9.84 Å². The van der Waals surface area contributed by atoms with E-state index < -0.39 is 0 Å². The van der Waals surface area contributed by atoms with Crippen LogP contribution in [0.5, 0.6) is 0 Å². The second-order valence-electron chi connectivity index (χ2n) is 3.25. The number of anilines is 1. The van der Waals surface area contributed by atoms with Gasteiger partial charge in [0.15, 0.2) is 0 Å². The molecular formula is C8H13N3O2S. The zero-order chi connectivity index (χ0) is 9.97. The lowest BCUT2D eigenvalue weighted by atomic mass is 10.3. The molecule has 0 radical (unpaired) electrons. The summed E-state index contributed by atoms with van der Waals surface area (Å²) < 4.78 is 9.48. The van der Waals surface area contributed by atoms with Crippen molar-refractivity contribution in [2.75, 3.05) is 31.2 Å². The van der Waals surface area contributed by atoms with Crippen molar-refractivity contribution in [1.29, 1.82) is 0 Å². The number of morpholine rings is 1. The maximum Gasteiger partial charge on any atom is 0.205 e. The molecule has 1 aliphatic rings. The van der Waals surface area contributed by atoms with Crippen LogP contribution >= 0.6 is 11.5 Å². The fourth-order valence-corrected chi connectivity index (χ4v) is 2.13. The zero-order valence-corrected chi connectivity index (χ0v) is 8.83. The topological polar surface area (TPSA) is 58.5 Å². The molecule has 14 heavy (non-hydrogen) atoms. The molecule has 0 bridgehead atoms. The van der Waals surface area contributed by atoms with Crippen molar-refractivity contribution >= 4 is 16.7 Å². The Labute approximate surface area is 86.5 Å². The maximum atomic E-state index is 8.98. The first-order valence-corrected chi connectivity index (χ1v) is 5.34. The number of rotatable bonds is 2. The van der Waals surface area contributed by atoms with Gasteiger partial charge >= 0.3 is 0 Å². The van der Waals surface area contributed by atoms with Crippen LogP contribution in [0.15, 0.2) is 0 Å². The Kier molecular flexibility index (Phi) is 2.95. The number of ether oxygens (including phenoxy) is 1. The lowest BCUT2D eigenvalue weighted by Crippen LogP contribution is -2.44. The monoisotopic (exact) mass is 215 g/mol. The lowest BCUT2D eigenvalue weighted by molar-refractivity contribution is 0.00355. The summed E-state index contributed by atoms with van der Waals surface area (Å²) in [5, 5.41) is 9.90. The van der Waals surface area contributed by atoms with Crippen molar-refractivity contribution < 1.29 is 9.84 Å². The summed E-state index contributed by atoms with van der Waals surface area (Å²) >= 11 is 1.40. The van der Waals surface area contributed by atoms with Gasteiger partial charge in [0.05, 0.1) is 19.3 Å². The highest BCUT2D eigenvalue weighted by Gasteiger charge is 2.21. The molecule has 1 N–H and O–H groups in total. The minimum absolute atomic E-state index is 0.0638. The van der Waals surface area contributed by atoms with Crippen LogP contribution in [-0.2, 0) is 4.74 Å². The molecule has 1 fully saturated rings. The molecule has 1 atom stereocenters. The molecule has 0 aromatic carbocycles. The maximum absolute atomic E-state index is 8.98. The van der Waals surface area contributed by atoms with Crippen LogP contribution in [0.4, 0.5) is 5.13 Å². The molecule has 0 amide bonds. The highest BCUT2D eigenvalue weighted by atomic mass is 32.1. The Bertz CT molecular complexity index is 305. The summed E-state index contributed by atoms with van der Waals surface area (Å²) in [6, 6.07) is 0. The van der Waals surface area contributed by atoms with Crippen molar-refractivity contribution in [2.45, 2.75) is 13.0 Å². The molecular weight excluding hydrogens is 202 g/mol. The van der Waals surface area contributed by atoms with Gasteiger partial charge in [-0.1, -0.05) is 0 Å². The van der Waals surface area contributed by atoms with Gasteiger partial charge in [-0.25, -0.2) is 4.98 Å². The van der Waals surface area contributed by atoms with Crippen molar-refractivity contribution in [2.24, 2.45) is 0 Å². The number of aromatic nitrogens is 2. The molecule has 0 aliphatic carbocycles. The molecule has 0 saturated carbocycles. The highest BCUT2D eigenvalue weighted by molar-refractivity contribution is 7.09. The van der Waals surface area contributed by atoms with Crippen LogP contribution in [-0.4, -0.2) is 46.9 Å².